The first kappa shape index (κ1) is 11.3. The zero-order valence-electron chi connectivity index (χ0n) is 8.83. The Bertz CT molecular complexity index is 340. The Labute approximate surface area is 104 Å². The largest absolute Gasteiger partial charge is 0.478 e. The minimum atomic E-state index is 0.131. The molecule has 1 nitrogen and oxygen atoms in total. The molecule has 1 unspecified atom stereocenters. The van der Waals surface area contributed by atoms with Gasteiger partial charge in [-0.1, -0.05) is 19.1 Å². The third-order valence-electron chi connectivity index (χ3n) is 2.47. The second-order valence-electron chi connectivity index (χ2n) is 3.63. The van der Waals surface area contributed by atoms with Crippen LogP contribution in [0.25, 0.3) is 0 Å². The lowest BCUT2D eigenvalue weighted by molar-refractivity contribution is 0.283. The predicted molar refractivity (Wildman–Crippen MR) is 69.1 cm³/mol. The van der Waals surface area contributed by atoms with E-state index in [0.29, 0.717) is 0 Å². The zero-order valence-corrected chi connectivity index (χ0v) is 11.2. The standard InChI is InChI=1S/C12H15BrOS/c1-2-11(13)14-10-7-3-5-9-6-4-8-15-12(9)10/h3,5,7,11H,2,4,6,8H2,1H3. The van der Waals surface area contributed by atoms with E-state index in [-0.39, 0.29) is 5.01 Å². The Balaban J connectivity index is 2.23. The maximum absolute atomic E-state index is 5.86. The van der Waals surface area contributed by atoms with Crippen LogP contribution in [0.2, 0.25) is 0 Å². The van der Waals surface area contributed by atoms with Crippen LogP contribution >= 0.6 is 27.7 Å². The maximum atomic E-state index is 5.86. The number of aryl methyl sites for hydroxylation is 1. The van der Waals surface area contributed by atoms with Gasteiger partial charge in [-0.3, -0.25) is 0 Å². The van der Waals surface area contributed by atoms with Gasteiger partial charge in [-0.25, -0.2) is 0 Å². The highest BCUT2D eigenvalue weighted by atomic mass is 79.9. The van der Waals surface area contributed by atoms with Gasteiger partial charge in [0.2, 0.25) is 0 Å². The van der Waals surface area contributed by atoms with Crippen LogP contribution in [0.4, 0.5) is 0 Å². The molecule has 0 spiro atoms. The highest BCUT2D eigenvalue weighted by Gasteiger charge is 2.15. The van der Waals surface area contributed by atoms with Crippen LogP contribution in [0.5, 0.6) is 5.75 Å². The first-order valence-electron chi connectivity index (χ1n) is 5.36. The molecular weight excluding hydrogens is 272 g/mol. The number of benzene rings is 1. The molecule has 1 aromatic rings. The molecule has 1 heterocycles. The predicted octanol–water partition coefficient (Wildman–Crippen LogP) is 4.23. The fraction of sp³-hybridized carbons (Fsp3) is 0.500. The van der Waals surface area contributed by atoms with Crippen LogP contribution in [0, 0.1) is 0 Å². The number of ether oxygens (including phenoxy) is 1. The number of rotatable bonds is 3. The average Bonchev–Trinajstić information content (AvgIpc) is 2.29. The van der Waals surface area contributed by atoms with E-state index in [9.17, 15) is 0 Å². The molecular formula is C12H15BrOS. The molecule has 1 aliphatic heterocycles. The van der Waals surface area contributed by atoms with Crippen LogP contribution < -0.4 is 4.74 Å². The van der Waals surface area contributed by atoms with Gasteiger partial charge < -0.3 is 4.74 Å². The second kappa shape index (κ2) is 5.26. The summed E-state index contributed by atoms with van der Waals surface area (Å²) in [6.07, 6.45) is 3.46. The molecule has 0 saturated heterocycles. The van der Waals surface area contributed by atoms with E-state index in [1.165, 1.54) is 29.1 Å². The van der Waals surface area contributed by atoms with Crippen molar-refractivity contribution in [2.45, 2.75) is 36.1 Å². The number of alkyl halides is 1. The number of hydrogen-bond acceptors (Lipinski definition) is 2. The van der Waals surface area contributed by atoms with Crippen molar-refractivity contribution in [3.8, 4) is 5.75 Å². The Kier molecular flexibility index (Phi) is 3.98. The van der Waals surface area contributed by atoms with E-state index in [4.69, 9.17) is 4.74 Å². The topological polar surface area (TPSA) is 9.23 Å². The van der Waals surface area contributed by atoms with Crippen molar-refractivity contribution in [3.63, 3.8) is 0 Å². The van der Waals surface area contributed by atoms with Crippen molar-refractivity contribution in [1.29, 1.82) is 0 Å². The second-order valence-corrected chi connectivity index (χ2v) is 5.76. The summed E-state index contributed by atoms with van der Waals surface area (Å²) in [6, 6.07) is 6.38. The molecule has 0 N–H and O–H groups in total. The molecule has 15 heavy (non-hydrogen) atoms. The van der Waals surface area contributed by atoms with E-state index in [2.05, 4.69) is 41.1 Å². The minimum absolute atomic E-state index is 0.131. The molecule has 1 aliphatic rings. The van der Waals surface area contributed by atoms with Crippen molar-refractivity contribution >= 4 is 27.7 Å². The summed E-state index contributed by atoms with van der Waals surface area (Å²) in [5, 5.41) is 0.131. The van der Waals surface area contributed by atoms with Crippen LogP contribution in [0.15, 0.2) is 23.1 Å². The fourth-order valence-corrected chi connectivity index (χ4v) is 2.98. The smallest absolute Gasteiger partial charge is 0.153 e. The molecule has 0 fully saturated rings. The Hall–Kier alpha value is -0.150. The molecule has 2 rings (SSSR count). The lowest BCUT2D eigenvalue weighted by atomic mass is 10.1. The lowest BCUT2D eigenvalue weighted by Crippen LogP contribution is -2.08. The first-order valence-corrected chi connectivity index (χ1v) is 7.27. The van der Waals surface area contributed by atoms with Gasteiger partial charge >= 0.3 is 0 Å². The molecule has 0 bridgehead atoms. The Morgan fingerprint density at radius 3 is 3.20 bits per heavy atom. The van der Waals surface area contributed by atoms with E-state index in [1.807, 2.05) is 11.8 Å². The van der Waals surface area contributed by atoms with Gasteiger partial charge in [0.25, 0.3) is 0 Å². The third-order valence-corrected chi connectivity index (χ3v) is 4.55. The zero-order chi connectivity index (χ0) is 10.7. The van der Waals surface area contributed by atoms with Crippen molar-refractivity contribution in [1.82, 2.24) is 0 Å². The Morgan fingerprint density at radius 1 is 1.53 bits per heavy atom. The number of hydrogen-bond donors (Lipinski definition) is 0. The highest BCUT2D eigenvalue weighted by Crippen LogP contribution is 2.38. The summed E-state index contributed by atoms with van der Waals surface area (Å²) < 4.78 is 5.86. The third kappa shape index (κ3) is 2.70. The van der Waals surface area contributed by atoms with Crippen molar-refractivity contribution < 1.29 is 4.74 Å². The van der Waals surface area contributed by atoms with E-state index < -0.39 is 0 Å². The minimum Gasteiger partial charge on any atom is -0.478 e. The van der Waals surface area contributed by atoms with E-state index in [1.54, 1.807) is 0 Å². The van der Waals surface area contributed by atoms with Gasteiger partial charge in [0.1, 0.15) is 5.75 Å². The van der Waals surface area contributed by atoms with Crippen LogP contribution in [-0.2, 0) is 6.42 Å². The summed E-state index contributed by atoms with van der Waals surface area (Å²) in [4.78, 5) is 1.35. The molecule has 3 heteroatoms. The molecule has 0 amide bonds. The molecule has 1 atom stereocenters. The van der Waals surface area contributed by atoms with Crippen molar-refractivity contribution in [2.24, 2.45) is 0 Å². The molecule has 0 aliphatic carbocycles. The molecule has 82 valence electrons. The van der Waals surface area contributed by atoms with Gasteiger partial charge in [-0.15, -0.1) is 11.8 Å². The highest BCUT2D eigenvalue weighted by molar-refractivity contribution is 9.09. The van der Waals surface area contributed by atoms with Crippen LogP contribution in [0.1, 0.15) is 25.3 Å². The van der Waals surface area contributed by atoms with Crippen LogP contribution in [-0.4, -0.2) is 10.8 Å². The normalized spacial score (nSPS) is 16.9. The summed E-state index contributed by atoms with van der Waals surface area (Å²) in [6.45, 7) is 2.11. The van der Waals surface area contributed by atoms with E-state index >= 15 is 0 Å². The molecule has 0 radical (unpaired) electrons. The van der Waals surface area contributed by atoms with Gasteiger partial charge in [0, 0.05) is 0 Å². The number of halogens is 1. The van der Waals surface area contributed by atoms with Gasteiger partial charge in [-0.2, -0.15) is 0 Å². The monoisotopic (exact) mass is 286 g/mol. The molecule has 0 saturated carbocycles. The summed E-state index contributed by atoms with van der Waals surface area (Å²) in [7, 11) is 0. The van der Waals surface area contributed by atoms with Gasteiger partial charge in [0.05, 0.1) is 4.90 Å². The molecule has 0 aromatic heterocycles. The van der Waals surface area contributed by atoms with Crippen LogP contribution in [0.3, 0.4) is 0 Å². The summed E-state index contributed by atoms with van der Waals surface area (Å²) >= 11 is 5.43. The fourth-order valence-electron chi connectivity index (χ4n) is 1.67. The van der Waals surface area contributed by atoms with Gasteiger partial charge in [-0.05, 0) is 52.6 Å². The maximum Gasteiger partial charge on any atom is 0.153 e. The van der Waals surface area contributed by atoms with Crippen molar-refractivity contribution in [2.75, 3.05) is 5.75 Å². The molecule has 1 aromatic carbocycles. The summed E-state index contributed by atoms with van der Waals surface area (Å²) in [5.41, 5.74) is 1.44. The number of fused-ring (bicyclic) bond motifs is 1. The van der Waals surface area contributed by atoms with E-state index in [0.717, 1.165) is 12.2 Å². The SMILES string of the molecule is CCC(Br)Oc1cccc2c1SCCC2. The van der Waals surface area contributed by atoms with Gasteiger partial charge in [0.15, 0.2) is 5.01 Å². The summed E-state index contributed by atoms with van der Waals surface area (Å²) in [5.74, 6) is 2.26. The lowest BCUT2D eigenvalue weighted by Gasteiger charge is -2.20. The average molecular weight is 287 g/mol. The first-order chi connectivity index (χ1) is 7.31. The van der Waals surface area contributed by atoms with Crippen molar-refractivity contribution in [3.05, 3.63) is 23.8 Å². The number of thioether (sulfide) groups is 1. The quantitative estimate of drug-likeness (QED) is 0.769. The Morgan fingerprint density at radius 2 is 2.40 bits per heavy atom.